The molecule has 6 heteroatoms. The van der Waals surface area contributed by atoms with Gasteiger partial charge >= 0.3 is 0 Å². The summed E-state index contributed by atoms with van der Waals surface area (Å²) in [5.41, 5.74) is 4.57. The number of H-pyrrole nitrogens is 1. The van der Waals surface area contributed by atoms with Crippen LogP contribution >= 0.6 is 0 Å². The number of methoxy groups -OCH3 is 2. The molecule has 1 heterocycles. The highest BCUT2D eigenvalue weighted by Crippen LogP contribution is 2.43. The molecular weight excluding hydrogens is 404 g/mol. The lowest BCUT2D eigenvalue weighted by molar-refractivity contribution is 0.340. The number of nitrogens with one attached hydrogen (secondary N) is 1. The second-order valence-corrected chi connectivity index (χ2v) is 10.2. The molecule has 0 aliphatic heterocycles. The third-order valence-electron chi connectivity index (χ3n) is 5.64. The number of hydrogen-bond acceptors (Lipinski definition) is 5. The highest BCUT2D eigenvalue weighted by Gasteiger charge is 2.27. The molecule has 172 valence electrons. The van der Waals surface area contributed by atoms with E-state index in [4.69, 9.17) is 14.5 Å². The minimum atomic E-state index is -0.234. The maximum atomic E-state index is 11.0. The van der Waals surface area contributed by atoms with Gasteiger partial charge in [-0.1, -0.05) is 41.5 Å². The summed E-state index contributed by atoms with van der Waals surface area (Å²) >= 11 is 0. The number of phenolic OH excluding ortho intramolecular Hbond substituents is 2. The molecule has 6 nitrogen and oxygen atoms in total. The van der Waals surface area contributed by atoms with Crippen LogP contribution in [-0.4, -0.2) is 34.4 Å². The summed E-state index contributed by atoms with van der Waals surface area (Å²) in [6.07, 6.45) is 0. The van der Waals surface area contributed by atoms with Gasteiger partial charge in [-0.3, -0.25) is 0 Å². The molecule has 3 N–H and O–H groups in total. The van der Waals surface area contributed by atoms with Gasteiger partial charge < -0.3 is 24.7 Å². The Hall–Kier alpha value is -3.15. The maximum absolute atomic E-state index is 11.0. The molecule has 0 unspecified atom stereocenters. The number of aromatic amines is 1. The van der Waals surface area contributed by atoms with Crippen molar-refractivity contribution in [3.05, 3.63) is 41.1 Å². The van der Waals surface area contributed by atoms with Crippen molar-refractivity contribution in [1.29, 1.82) is 0 Å². The molecule has 0 saturated carbocycles. The molecule has 0 radical (unpaired) electrons. The first-order valence-corrected chi connectivity index (χ1v) is 10.7. The minimum absolute atomic E-state index is 0.0460. The first-order valence-electron chi connectivity index (χ1n) is 10.7. The maximum Gasteiger partial charge on any atom is 0.200 e. The second kappa shape index (κ2) is 8.08. The van der Waals surface area contributed by atoms with Gasteiger partial charge in [0.25, 0.3) is 0 Å². The number of aryl methyl sites for hydroxylation is 1. The number of nitrogens with zero attached hydrogens (tertiary/aromatic N) is 1. The lowest BCUT2D eigenvalue weighted by Crippen LogP contribution is -2.17. The van der Waals surface area contributed by atoms with E-state index in [0.29, 0.717) is 23.1 Å². The van der Waals surface area contributed by atoms with Crippen molar-refractivity contribution < 1.29 is 19.7 Å². The third kappa shape index (κ3) is 4.27. The van der Waals surface area contributed by atoms with Crippen LogP contribution in [0.15, 0.2) is 24.3 Å². The van der Waals surface area contributed by atoms with Crippen LogP contribution in [0.25, 0.3) is 22.6 Å². The number of aromatic nitrogens is 2. The van der Waals surface area contributed by atoms with E-state index in [1.54, 1.807) is 12.1 Å². The Balaban J connectivity index is 2.22. The van der Waals surface area contributed by atoms with E-state index in [1.807, 2.05) is 19.1 Å². The zero-order valence-corrected chi connectivity index (χ0v) is 20.5. The van der Waals surface area contributed by atoms with Crippen LogP contribution in [0.5, 0.6) is 23.0 Å². The number of hydrogen-bond donors (Lipinski definition) is 3. The van der Waals surface area contributed by atoms with Gasteiger partial charge in [0.15, 0.2) is 11.5 Å². The molecule has 0 fully saturated rings. The first kappa shape index (κ1) is 23.5. The zero-order valence-electron chi connectivity index (χ0n) is 20.5. The number of ether oxygens (including phenoxy) is 2. The summed E-state index contributed by atoms with van der Waals surface area (Å²) in [5, 5.41) is 21.3. The van der Waals surface area contributed by atoms with Gasteiger partial charge in [-0.05, 0) is 42.0 Å². The van der Waals surface area contributed by atoms with Crippen LogP contribution in [0.1, 0.15) is 58.4 Å². The molecule has 0 spiro atoms. The fraction of sp³-hybridized carbons (Fsp3) is 0.423. The monoisotopic (exact) mass is 438 g/mol. The van der Waals surface area contributed by atoms with Gasteiger partial charge in [0.05, 0.1) is 19.9 Å². The molecule has 0 aliphatic carbocycles. The quantitative estimate of drug-likeness (QED) is 0.460. The zero-order chi connectivity index (χ0) is 24.0. The van der Waals surface area contributed by atoms with Crippen molar-refractivity contribution in [2.45, 2.75) is 59.3 Å². The van der Waals surface area contributed by atoms with E-state index in [1.165, 1.54) is 14.2 Å². The molecule has 1 aromatic heterocycles. The van der Waals surface area contributed by atoms with Gasteiger partial charge in [0, 0.05) is 27.9 Å². The van der Waals surface area contributed by atoms with Gasteiger partial charge in [-0.15, -0.1) is 0 Å². The fourth-order valence-electron chi connectivity index (χ4n) is 3.82. The van der Waals surface area contributed by atoms with E-state index in [-0.39, 0.29) is 16.6 Å². The number of imidazole rings is 1. The van der Waals surface area contributed by atoms with Gasteiger partial charge in [-0.25, -0.2) is 4.98 Å². The first-order chi connectivity index (χ1) is 14.8. The number of benzene rings is 2. The van der Waals surface area contributed by atoms with Crippen molar-refractivity contribution in [3.63, 3.8) is 0 Å². The second-order valence-electron chi connectivity index (χ2n) is 10.2. The molecule has 0 bridgehead atoms. The molecule has 0 amide bonds. The van der Waals surface area contributed by atoms with E-state index < -0.39 is 0 Å². The van der Waals surface area contributed by atoms with E-state index in [2.05, 4.69) is 46.5 Å². The molecule has 3 rings (SSSR count). The Bertz CT molecular complexity index is 1090. The molecule has 2 aromatic carbocycles. The average Bonchev–Trinajstić information content (AvgIpc) is 3.08. The number of rotatable bonds is 4. The lowest BCUT2D eigenvalue weighted by Gasteiger charge is -2.28. The molecule has 32 heavy (non-hydrogen) atoms. The summed E-state index contributed by atoms with van der Waals surface area (Å²) in [5.74, 6) is 1.64. The molecule has 0 saturated heterocycles. The van der Waals surface area contributed by atoms with Gasteiger partial charge in [0.1, 0.15) is 11.6 Å². The largest absolute Gasteiger partial charge is 0.507 e. The van der Waals surface area contributed by atoms with Gasteiger partial charge in [-0.2, -0.15) is 0 Å². The van der Waals surface area contributed by atoms with Crippen LogP contribution in [0.4, 0.5) is 0 Å². The molecular formula is C26H34N2O4. The third-order valence-corrected chi connectivity index (χ3v) is 5.64. The Morgan fingerprint density at radius 2 is 1.22 bits per heavy atom. The Morgan fingerprint density at radius 1 is 0.750 bits per heavy atom. The summed E-state index contributed by atoms with van der Waals surface area (Å²) < 4.78 is 10.6. The number of aromatic hydroxyl groups is 2. The average molecular weight is 439 g/mol. The van der Waals surface area contributed by atoms with Crippen LogP contribution in [0.2, 0.25) is 0 Å². The van der Waals surface area contributed by atoms with E-state index in [0.717, 1.165) is 33.6 Å². The van der Waals surface area contributed by atoms with E-state index >= 15 is 0 Å². The minimum Gasteiger partial charge on any atom is -0.507 e. The van der Waals surface area contributed by atoms with Crippen LogP contribution in [-0.2, 0) is 10.8 Å². The standard InChI is InChI=1S/C26H34N2O4/c1-14-21(15-12-19(31-8)23(30)20(13-15)32-9)28-24(27-14)16-10-17(25(2,3)4)22(29)18(11-16)26(5,6)7/h10-13,29-30H,1-9H3,(H,27,28). The van der Waals surface area contributed by atoms with Crippen molar-refractivity contribution in [3.8, 4) is 45.6 Å². The SMILES string of the molecule is COc1cc(-c2nc(-c3cc(C(C)(C)C)c(O)c(C(C)(C)C)c3)[nH]c2C)cc(OC)c1O. The van der Waals surface area contributed by atoms with Crippen molar-refractivity contribution in [2.24, 2.45) is 0 Å². The predicted molar refractivity (Wildman–Crippen MR) is 128 cm³/mol. The van der Waals surface area contributed by atoms with Crippen LogP contribution in [0.3, 0.4) is 0 Å². The highest BCUT2D eigenvalue weighted by molar-refractivity contribution is 5.73. The van der Waals surface area contributed by atoms with Crippen LogP contribution < -0.4 is 9.47 Å². The van der Waals surface area contributed by atoms with Crippen molar-refractivity contribution in [1.82, 2.24) is 9.97 Å². The van der Waals surface area contributed by atoms with E-state index in [9.17, 15) is 10.2 Å². The molecule has 3 aromatic rings. The topological polar surface area (TPSA) is 87.6 Å². The van der Waals surface area contributed by atoms with Crippen LogP contribution in [0, 0.1) is 6.92 Å². The predicted octanol–water partition coefficient (Wildman–Crippen LogP) is 6.08. The number of phenols is 2. The fourth-order valence-corrected chi connectivity index (χ4v) is 3.82. The summed E-state index contributed by atoms with van der Waals surface area (Å²) in [4.78, 5) is 8.27. The lowest BCUT2D eigenvalue weighted by atomic mass is 9.78. The Kier molecular flexibility index (Phi) is 5.94. The normalized spacial score (nSPS) is 12.2. The van der Waals surface area contributed by atoms with Gasteiger partial charge in [0.2, 0.25) is 5.75 Å². The molecule has 0 atom stereocenters. The summed E-state index contributed by atoms with van der Waals surface area (Å²) in [6, 6.07) is 7.49. The van der Waals surface area contributed by atoms with Crippen molar-refractivity contribution in [2.75, 3.05) is 14.2 Å². The molecule has 0 aliphatic rings. The highest BCUT2D eigenvalue weighted by atomic mass is 16.5. The Morgan fingerprint density at radius 3 is 1.62 bits per heavy atom. The van der Waals surface area contributed by atoms with Crippen molar-refractivity contribution >= 4 is 0 Å². The Labute approximate surface area is 190 Å². The smallest absolute Gasteiger partial charge is 0.200 e. The summed E-state index contributed by atoms with van der Waals surface area (Å²) in [7, 11) is 3.00. The summed E-state index contributed by atoms with van der Waals surface area (Å²) in [6.45, 7) is 14.5.